The van der Waals surface area contributed by atoms with Gasteiger partial charge in [0.05, 0.1) is 41.3 Å². The third-order valence-electron chi connectivity index (χ3n) is 8.29. The van der Waals surface area contributed by atoms with Crippen LogP contribution in [0.1, 0.15) is 24.2 Å². The summed E-state index contributed by atoms with van der Waals surface area (Å²) in [5, 5.41) is 1.28. The number of hydrogen-bond acceptors (Lipinski definition) is 5. The van der Waals surface area contributed by atoms with Gasteiger partial charge in [-0.1, -0.05) is 47.5 Å². The van der Waals surface area contributed by atoms with Gasteiger partial charge in [0, 0.05) is 44.3 Å². The van der Waals surface area contributed by atoms with Gasteiger partial charge in [0.25, 0.3) is 0 Å². The van der Waals surface area contributed by atoms with Gasteiger partial charge >= 0.3 is 0 Å². The molecule has 2 fully saturated rings. The van der Waals surface area contributed by atoms with Crippen LogP contribution in [0.2, 0.25) is 10.0 Å². The van der Waals surface area contributed by atoms with Gasteiger partial charge in [-0.25, -0.2) is 4.98 Å². The number of benzene rings is 3. The molecule has 2 aliphatic heterocycles. The van der Waals surface area contributed by atoms with E-state index < -0.39 is 0 Å². The van der Waals surface area contributed by atoms with E-state index in [0.717, 1.165) is 80.4 Å². The molecule has 2 saturated heterocycles. The summed E-state index contributed by atoms with van der Waals surface area (Å²) in [5.74, 6) is 2.16. The number of likely N-dealkylation sites (tertiary alicyclic amines) is 1. The highest BCUT2D eigenvalue weighted by Gasteiger charge is 2.32. The number of nitrogens with zero attached hydrogens (tertiary/aromatic N) is 5. The summed E-state index contributed by atoms with van der Waals surface area (Å²) < 4.78 is 7.65. The number of anilines is 1. The fourth-order valence-corrected chi connectivity index (χ4v) is 6.63. The summed E-state index contributed by atoms with van der Waals surface area (Å²) in [5.41, 5.74) is 4.30. The average molecular weight is 593 g/mol. The van der Waals surface area contributed by atoms with E-state index in [1.165, 1.54) is 5.56 Å². The number of fused-ring (bicyclic) bond motifs is 1. The summed E-state index contributed by atoms with van der Waals surface area (Å²) in [6.45, 7) is 6.11. The van der Waals surface area contributed by atoms with Crippen molar-refractivity contribution in [2.45, 2.75) is 25.9 Å². The molecule has 2 aliphatic rings. The molecule has 0 spiro atoms. The summed E-state index contributed by atoms with van der Waals surface area (Å²) in [7, 11) is 1.68. The largest absolute Gasteiger partial charge is 0.497 e. The number of ether oxygens (including phenoxy) is 1. The molecule has 9 heteroatoms. The fourth-order valence-electron chi connectivity index (χ4n) is 6.10. The lowest BCUT2D eigenvalue weighted by Crippen LogP contribution is -2.52. The van der Waals surface area contributed by atoms with E-state index in [1.54, 1.807) is 13.2 Å². The molecule has 4 aromatic rings. The molecule has 0 aliphatic carbocycles. The van der Waals surface area contributed by atoms with E-state index in [2.05, 4.69) is 44.7 Å². The molecule has 1 amide bonds. The van der Waals surface area contributed by atoms with Crippen molar-refractivity contribution in [2.75, 3.05) is 51.3 Å². The van der Waals surface area contributed by atoms with E-state index in [4.69, 9.17) is 32.9 Å². The van der Waals surface area contributed by atoms with Crippen molar-refractivity contribution in [2.24, 2.45) is 5.92 Å². The molecule has 1 aromatic heterocycles. The number of carbonyl (C=O) groups excluding carboxylic acids is 1. The van der Waals surface area contributed by atoms with Crippen molar-refractivity contribution in [3.8, 4) is 5.75 Å². The minimum atomic E-state index is 0.00818. The molecule has 1 atom stereocenters. The van der Waals surface area contributed by atoms with Gasteiger partial charge in [-0.3, -0.25) is 9.69 Å². The highest BCUT2D eigenvalue weighted by Crippen LogP contribution is 2.30. The maximum absolute atomic E-state index is 13.6. The van der Waals surface area contributed by atoms with Gasteiger partial charge in [0.2, 0.25) is 5.91 Å². The zero-order chi connectivity index (χ0) is 28.3. The number of hydrogen-bond donors (Lipinski definition) is 0. The number of carbonyl (C=O) groups is 1. The molecule has 0 N–H and O–H groups in total. The van der Waals surface area contributed by atoms with Crippen LogP contribution in [-0.4, -0.2) is 71.6 Å². The highest BCUT2D eigenvalue weighted by atomic mass is 35.5. The fraction of sp³-hybridized carbons (Fsp3) is 0.375. The Labute approximate surface area is 251 Å². The van der Waals surface area contributed by atoms with Gasteiger partial charge in [0.15, 0.2) is 0 Å². The Bertz CT molecular complexity index is 1510. The van der Waals surface area contributed by atoms with Crippen molar-refractivity contribution in [3.05, 3.63) is 88.2 Å². The molecule has 214 valence electrons. The molecule has 6 rings (SSSR count). The minimum Gasteiger partial charge on any atom is -0.497 e. The number of methoxy groups -OCH3 is 1. The van der Waals surface area contributed by atoms with Crippen LogP contribution in [0.15, 0.2) is 66.7 Å². The number of halogens is 2. The first-order valence-electron chi connectivity index (χ1n) is 14.3. The normalized spacial score (nSPS) is 18.2. The molecule has 3 aromatic carbocycles. The van der Waals surface area contributed by atoms with Crippen LogP contribution in [0, 0.1) is 5.92 Å². The van der Waals surface area contributed by atoms with Crippen molar-refractivity contribution in [1.82, 2.24) is 19.4 Å². The van der Waals surface area contributed by atoms with Crippen molar-refractivity contribution in [3.63, 3.8) is 0 Å². The number of rotatable bonds is 7. The molecule has 0 radical (unpaired) electrons. The third kappa shape index (κ3) is 6.17. The van der Waals surface area contributed by atoms with E-state index in [9.17, 15) is 4.79 Å². The summed E-state index contributed by atoms with van der Waals surface area (Å²) >= 11 is 12.5. The van der Waals surface area contributed by atoms with Crippen LogP contribution in [-0.2, 0) is 17.9 Å². The topological polar surface area (TPSA) is 53.8 Å². The van der Waals surface area contributed by atoms with E-state index >= 15 is 0 Å². The summed E-state index contributed by atoms with van der Waals surface area (Å²) in [6.07, 6.45) is 1.94. The second-order valence-electron chi connectivity index (χ2n) is 10.9. The van der Waals surface area contributed by atoms with Gasteiger partial charge < -0.3 is 19.1 Å². The summed E-state index contributed by atoms with van der Waals surface area (Å²) in [4.78, 5) is 25.3. The van der Waals surface area contributed by atoms with E-state index in [1.807, 2.05) is 35.2 Å². The van der Waals surface area contributed by atoms with Gasteiger partial charge in [0.1, 0.15) is 11.6 Å². The smallest absolute Gasteiger partial charge is 0.227 e. The van der Waals surface area contributed by atoms with Gasteiger partial charge in [-0.2, -0.15) is 0 Å². The Morgan fingerprint density at radius 3 is 2.49 bits per heavy atom. The van der Waals surface area contributed by atoms with Crippen LogP contribution < -0.4 is 9.64 Å². The van der Waals surface area contributed by atoms with Crippen molar-refractivity contribution >= 4 is 45.8 Å². The predicted molar refractivity (Wildman–Crippen MR) is 165 cm³/mol. The number of piperazine rings is 1. The molecule has 7 nitrogen and oxygen atoms in total. The first-order chi connectivity index (χ1) is 20.0. The SMILES string of the molecule is COc1ccc(Cn2c(CN3CCC[C@H](C(=O)N4CCN(c5ccc(Cl)cc5Cl)CC4)C3)nc3ccccc32)cc1. The molecule has 0 bridgehead atoms. The number of imidazole rings is 1. The zero-order valence-electron chi connectivity index (χ0n) is 23.3. The van der Waals surface area contributed by atoms with E-state index in [-0.39, 0.29) is 11.8 Å². The van der Waals surface area contributed by atoms with Crippen molar-refractivity contribution in [1.29, 1.82) is 0 Å². The maximum atomic E-state index is 13.6. The Balaban J connectivity index is 1.12. The first kappa shape index (κ1) is 27.9. The van der Waals surface area contributed by atoms with Crippen LogP contribution in [0.25, 0.3) is 11.0 Å². The highest BCUT2D eigenvalue weighted by molar-refractivity contribution is 6.36. The molecule has 41 heavy (non-hydrogen) atoms. The quantitative estimate of drug-likeness (QED) is 0.265. The summed E-state index contributed by atoms with van der Waals surface area (Å²) in [6, 6.07) is 22.1. The lowest BCUT2D eigenvalue weighted by Gasteiger charge is -2.40. The standard InChI is InChI=1S/C32H35Cl2N5O2/c1-41-26-11-8-23(9-12-26)20-39-30-7-3-2-6-28(30)35-31(39)22-36-14-4-5-24(21-36)32(40)38-17-15-37(16-18-38)29-13-10-25(33)19-27(29)34/h2-3,6-13,19,24H,4-5,14-18,20-22H2,1H3/t24-/m0/s1. The monoisotopic (exact) mass is 591 g/mol. The third-order valence-corrected chi connectivity index (χ3v) is 8.83. The van der Waals surface area contributed by atoms with Crippen LogP contribution in [0.4, 0.5) is 5.69 Å². The van der Waals surface area contributed by atoms with Gasteiger partial charge in [-0.05, 0) is 67.4 Å². The lowest BCUT2D eigenvalue weighted by molar-refractivity contribution is -0.137. The second kappa shape index (κ2) is 12.3. The average Bonchev–Trinajstić information content (AvgIpc) is 3.34. The van der Waals surface area contributed by atoms with Crippen LogP contribution >= 0.6 is 23.2 Å². The molecular weight excluding hydrogens is 557 g/mol. The number of amides is 1. The Morgan fingerprint density at radius 2 is 1.73 bits per heavy atom. The molecular formula is C32H35Cl2N5O2. The Hall–Kier alpha value is -3.26. The maximum Gasteiger partial charge on any atom is 0.227 e. The molecule has 3 heterocycles. The van der Waals surface area contributed by atoms with Gasteiger partial charge in [-0.15, -0.1) is 0 Å². The zero-order valence-corrected chi connectivity index (χ0v) is 24.8. The lowest BCUT2D eigenvalue weighted by atomic mass is 9.96. The second-order valence-corrected chi connectivity index (χ2v) is 11.8. The van der Waals surface area contributed by atoms with Crippen LogP contribution in [0.5, 0.6) is 5.75 Å². The number of para-hydroxylation sites is 2. The Kier molecular flexibility index (Phi) is 8.37. The van der Waals surface area contributed by atoms with Crippen LogP contribution in [0.3, 0.4) is 0 Å². The number of piperidine rings is 1. The number of aromatic nitrogens is 2. The van der Waals surface area contributed by atoms with E-state index in [0.29, 0.717) is 23.1 Å². The Morgan fingerprint density at radius 1 is 0.951 bits per heavy atom. The minimum absolute atomic E-state index is 0.00818. The molecule has 0 unspecified atom stereocenters. The van der Waals surface area contributed by atoms with Crippen molar-refractivity contribution < 1.29 is 9.53 Å². The molecule has 0 saturated carbocycles. The predicted octanol–water partition coefficient (Wildman–Crippen LogP) is 5.96. The first-order valence-corrected chi connectivity index (χ1v) is 15.0.